The van der Waals surface area contributed by atoms with Crippen LogP contribution in [0.15, 0.2) is 30.5 Å². The number of carbonyl (C=O) groups excluding carboxylic acids is 1. The molecule has 2 aromatic rings. The maximum atomic E-state index is 11.7. The largest absolute Gasteiger partial charge is 1.00 e. The molecule has 1 aromatic carbocycles. The molecule has 1 spiro atoms. The fourth-order valence-corrected chi connectivity index (χ4v) is 4.59. The number of amides is 1. The Morgan fingerprint density at radius 2 is 2.00 bits per heavy atom. The topological polar surface area (TPSA) is 54.1 Å². The van der Waals surface area contributed by atoms with Crippen molar-refractivity contribution in [2.75, 3.05) is 26.7 Å². The molecule has 2 N–H and O–H groups in total. The summed E-state index contributed by atoms with van der Waals surface area (Å²) in [6.45, 7) is 5.37. The first kappa shape index (κ1) is 19.5. The highest BCUT2D eigenvalue weighted by molar-refractivity contribution is 5.83. The number of hydrogen-bond acceptors (Lipinski definition) is 2. The molecule has 2 saturated heterocycles. The van der Waals surface area contributed by atoms with Gasteiger partial charge >= 0.3 is 6.09 Å². The SMILES string of the molecule is CCC1NC(=O)OC12CC[N+](C)(CCc1c[nH]c3ccccc13)CC2.[I-]. The second-order valence-corrected chi connectivity index (χ2v) is 7.96. The number of aromatic nitrogens is 1. The summed E-state index contributed by atoms with van der Waals surface area (Å²) in [4.78, 5) is 15.1. The van der Waals surface area contributed by atoms with E-state index in [2.05, 4.69) is 54.7 Å². The van der Waals surface area contributed by atoms with Crippen molar-refractivity contribution in [3.63, 3.8) is 0 Å². The van der Waals surface area contributed by atoms with Crippen LogP contribution in [0.1, 0.15) is 31.7 Å². The van der Waals surface area contributed by atoms with Crippen LogP contribution in [0.25, 0.3) is 10.9 Å². The molecule has 1 aromatic heterocycles. The molecule has 4 rings (SSSR count). The first-order valence-corrected chi connectivity index (χ1v) is 9.42. The Bertz CT molecular complexity index is 780. The van der Waals surface area contributed by atoms with Gasteiger partial charge in [-0.25, -0.2) is 4.79 Å². The van der Waals surface area contributed by atoms with Gasteiger partial charge in [-0.2, -0.15) is 0 Å². The number of quaternary nitrogens is 1. The van der Waals surface area contributed by atoms with E-state index in [0.717, 1.165) is 49.8 Å². The highest BCUT2D eigenvalue weighted by Crippen LogP contribution is 2.37. The minimum Gasteiger partial charge on any atom is -1.00 e. The molecule has 2 fully saturated rings. The van der Waals surface area contributed by atoms with E-state index in [9.17, 15) is 4.79 Å². The Morgan fingerprint density at radius 3 is 2.73 bits per heavy atom. The number of likely N-dealkylation sites (N-methyl/N-ethyl adjacent to an activating group) is 1. The van der Waals surface area contributed by atoms with Gasteiger partial charge in [0.2, 0.25) is 0 Å². The van der Waals surface area contributed by atoms with E-state index < -0.39 is 0 Å². The maximum Gasteiger partial charge on any atom is 0.408 e. The Kier molecular flexibility index (Phi) is 5.53. The number of aromatic amines is 1. The maximum absolute atomic E-state index is 11.7. The molecule has 0 aliphatic carbocycles. The van der Waals surface area contributed by atoms with Gasteiger partial charge in [0, 0.05) is 36.4 Å². The zero-order chi connectivity index (χ0) is 17.5. The summed E-state index contributed by atoms with van der Waals surface area (Å²) in [5.74, 6) is 0. The summed E-state index contributed by atoms with van der Waals surface area (Å²) in [6, 6.07) is 8.67. The quantitative estimate of drug-likeness (QED) is 0.497. The van der Waals surface area contributed by atoms with Crippen molar-refractivity contribution in [3.05, 3.63) is 36.0 Å². The molecule has 3 heterocycles. The van der Waals surface area contributed by atoms with E-state index in [0.29, 0.717) is 0 Å². The summed E-state index contributed by atoms with van der Waals surface area (Å²) in [5, 5.41) is 4.33. The molecular formula is C20H28IN3O2. The number of hydrogen-bond donors (Lipinski definition) is 2. The highest BCUT2D eigenvalue weighted by atomic mass is 127. The van der Waals surface area contributed by atoms with Crippen LogP contribution in [0.5, 0.6) is 0 Å². The third-order valence-electron chi connectivity index (χ3n) is 6.38. The highest BCUT2D eigenvalue weighted by Gasteiger charge is 2.52. The second-order valence-electron chi connectivity index (χ2n) is 7.96. The molecule has 0 radical (unpaired) electrons. The van der Waals surface area contributed by atoms with E-state index in [-0.39, 0.29) is 41.7 Å². The molecule has 0 saturated carbocycles. The molecule has 142 valence electrons. The number of H-pyrrole nitrogens is 1. The van der Waals surface area contributed by atoms with Crippen LogP contribution < -0.4 is 29.3 Å². The number of rotatable bonds is 4. The van der Waals surface area contributed by atoms with Gasteiger partial charge in [0.15, 0.2) is 0 Å². The predicted octanol–water partition coefficient (Wildman–Crippen LogP) is 0.212. The van der Waals surface area contributed by atoms with Gasteiger partial charge in [-0.15, -0.1) is 0 Å². The van der Waals surface area contributed by atoms with E-state index in [1.165, 1.54) is 16.5 Å². The zero-order valence-corrected chi connectivity index (χ0v) is 17.7. The van der Waals surface area contributed by atoms with Crippen molar-refractivity contribution in [2.45, 2.75) is 44.2 Å². The summed E-state index contributed by atoms with van der Waals surface area (Å²) in [6.07, 6.45) is 5.83. The monoisotopic (exact) mass is 469 g/mol. The van der Waals surface area contributed by atoms with Gasteiger partial charge < -0.3 is 43.5 Å². The summed E-state index contributed by atoms with van der Waals surface area (Å²) < 4.78 is 6.78. The molecule has 2 aliphatic heterocycles. The van der Waals surface area contributed by atoms with Gasteiger partial charge in [0.05, 0.1) is 32.7 Å². The van der Waals surface area contributed by atoms with E-state index in [1.54, 1.807) is 0 Å². The van der Waals surface area contributed by atoms with E-state index in [4.69, 9.17) is 4.74 Å². The molecule has 2 aliphatic rings. The molecule has 1 atom stereocenters. The first-order valence-electron chi connectivity index (χ1n) is 9.42. The zero-order valence-electron chi connectivity index (χ0n) is 15.6. The number of nitrogens with one attached hydrogen (secondary N) is 2. The lowest BCUT2D eigenvalue weighted by Gasteiger charge is -2.45. The second kappa shape index (κ2) is 7.38. The summed E-state index contributed by atoms with van der Waals surface area (Å²) in [5.41, 5.74) is 2.34. The van der Waals surface area contributed by atoms with Crippen molar-refractivity contribution in [1.82, 2.24) is 10.3 Å². The van der Waals surface area contributed by atoms with Crippen molar-refractivity contribution < 1.29 is 38.0 Å². The van der Waals surface area contributed by atoms with Crippen LogP contribution in [0.3, 0.4) is 0 Å². The van der Waals surface area contributed by atoms with Crippen LogP contribution in [0.4, 0.5) is 4.79 Å². The van der Waals surface area contributed by atoms with Crippen LogP contribution in [0, 0.1) is 0 Å². The number of piperidine rings is 1. The lowest BCUT2D eigenvalue weighted by atomic mass is 9.82. The Labute approximate surface area is 172 Å². The van der Waals surface area contributed by atoms with Gasteiger partial charge in [0.25, 0.3) is 0 Å². The molecule has 1 amide bonds. The number of para-hydroxylation sites is 1. The minimum absolute atomic E-state index is 0. The molecule has 5 nitrogen and oxygen atoms in total. The Balaban J connectivity index is 0.00000196. The fraction of sp³-hybridized carbons (Fsp3) is 0.550. The number of ether oxygens (including phenoxy) is 1. The number of fused-ring (bicyclic) bond motifs is 1. The number of nitrogens with zero attached hydrogens (tertiary/aromatic N) is 1. The standard InChI is InChI=1S/C20H27N3O2.HI/c1-3-18-20(25-19(24)22-18)9-12-23(2,13-10-20)11-8-15-14-21-17-7-5-4-6-16(15)17;/h4-7,14,18,21H,3,8-13H2,1-2H3;1H. The van der Waals surface area contributed by atoms with Gasteiger partial charge in [-0.1, -0.05) is 25.1 Å². The van der Waals surface area contributed by atoms with Gasteiger partial charge in [-0.05, 0) is 18.1 Å². The molecule has 26 heavy (non-hydrogen) atoms. The van der Waals surface area contributed by atoms with Gasteiger partial charge in [0.1, 0.15) is 5.60 Å². The molecular weight excluding hydrogens is 441 g/mol. The lowest BCUT2D eigenvalue weighted by molar-refractivity contribution is -0.916. The number of alkyl carbamates (subject to hydrolysis) is 1. The van der Waals surface area contributed by atoms with E-state index in [1.807, 2.05) is 0 Å². The lowest BCUT2D eigenvalue weighted by Crippen LogP contribution is -3.00. The minimum atomic E-state index is -0.273. The van der Waals surface area contributed by atoms with Crippen molar-refractivity contribution in [2.24, 2.45) is 0 Å². The number of halogens is 1. The van der Waals surface area contributed by atoms with E-state index >= 15 is 0 Å². The average Bonchev–Trinajstić information content (AvgIpc) is 3.17. The predicted molar refractivity (Wildman–Crippen MR) is 98.4 cm³/mol. The van der Waals surface area contributed by atoms with Crippen LogP contribution in [0.2, 0.25) is 0 Å². The average molecular weight is 469 g/mol. The number of carbonyl (C=O) groups is 1. The summed E-state index contributed by atoms with van der Waals surface area (Å²) in [7, 11) is 2.34. The van der Waals surface area contributed by atoms with Crippen molar-refractivity contribution in [1.29, 1.82) is 0 Å². The Hall–Kier alpha value is -1.28. The van der Waals surface area contributed by atoms with Crippen molar-refractivity contribution in [3.8, 4) is 0 Å². The number of benzene rings is 1. The molecule has 6 heteroatoms. The first-order chi connectivity index (χ1) is 12.0. The third kappa shape index (κ3) is 3.45. The fourth-order valence-electron chi connectivity index (χ4n) is 4.59. The summed E-state index contributed by atoms with van der Waals surface area (Å²) >= 11 is 0. The van der Waals surface area contributed by atoms with Gasteiger partial charge in [-0.3, -0.25) is 0 Å². The van der Waals surface area contributed by atoms with Crippen LogP contribution >= 0.6 is 0 Å². The molecule has 0 bridgehead atoms. The normalized spacial score (nSPS) is 30.8. The van der Waals surface area contributed by atoms with Crippen LogP contribution in [-0.4, -0.2) is 53.9 Å². The Morgan fingerprint density at radius 1 is 1.27 bits per heavy atom. The van der Waals surface area contributed by atoms with Crippen molar-refractivity contribution >= 4 is 17.0 Å². The smallest absolute Gasteiger partial charge is 0.408 e. The molecule has 1 unspecified atom stereocenters. The third-order valence-corrected chi connectivity index (χ3v) is 6.38. The number of likely N-dealkylation sites (tertiary alicyclic amines) is 1. The van der Waals surface area contributed by atoms with Crippen LogP contribution in [-0.2, 0) is 11.2 Å².